The topological polar surface area (TPSA) is 178 Å². The van der Waals surface area contributed by atoms with Gasteiger partial charge in [0.15, 0.2) is 5.78 Å². The van der Waals surface area contributed by atoms with Gasteiger partial charge in [0.2, 0.25) is 20.0 Å². The lowest BCUT2D eigenvalue weighted by atomic mass is 10.0. The molecule has 0 heterocycles. The van der Waals surface area contributed by atoms with Gasteiger partial charge >= 0.3 is 0 Å². The lowest BCUT2D eigenvalue weighted by molar-refractivity contribution is -0.386. The predicted octanol–water partition coefficient (Wildman–Crippen LogP) is 4.34. The maximum atomic E-state index is 13.6. The summed E-state index contributed by atoms with van der Waals surface area (Å²) in [6.45, 7) is 7.68. The molecule has 2 aromatic rings. The Bertz CT molecular complexity index is 1440. The van der Waals surface area contributed by atoms with Crippen molar-refractivity contribution in [2.45, 2.75) is 63.2 Å². The lowest BCUT2D eigenvalue weighted by Crippen LogP contribution is -2.32. The molecule has 15 heteroatoms. The SMILES string of the molecule is CCCN(CCC)S(=O)(=O)c1cc2c(c([N+](=O)[O-])c1)-c1c(cc(S(=O)(=O)N(CCC)CCC)cc1[N+](=O)[O-])C2=O. The second-order valence-electron chi connectivity index (χ2n) is 9.38. The number of carbonyl (C=O) groups excluding carboxylic acids is 1. The lowest BCUT2D eigenvalue weighted by Gasteiger charge is -2.21. The average molecular weight is 597 g/mol. The summed E-state index contributed by atoms with van der Waals surface area (Å²) in [6.07, 6.45) is 1.92. The van der Waals surface area contributed by atoms with Crippen LogP contribution in [0.1, 0.15) is 69.3 Å². The molecule has 0 fully saturated rings. The van der Waals surface area contributed by atoms with Gasteiger partial charge in [-0.15, -0.1) is 0 Å². The predicted molar refractivity (Wildman–Crippen MR) is 147 cm³/mol. The van der Waals surface area contributed by atoms with Gasteiger partial charge < -0.3 is 0 Å². The number of rotatable bonds is 14. The summed E-state index contributed by atoms with van der Waals surface area (Å²) in [4.78, 5) is 35.1. The van der Waals surface area contributed by atoms with Crippen LogP contribution in [-0.2, 0) is 20.0 Å². The zero-order valence-corrected chi connectivity index (χ0v) is 24.4. The number of sulfonamides is 2. The van der Waals surface area contributed by atoms with Gasteiger partial charge in [0.05, 0.1) is 30.8 Å². The van der Waals surface area contributed by atoms with E-state index in [2.05, 4.69) is 0 Å². The van der Waals surface area contributed by atoms with Crippen molar-refractivity contribution < 1.29 is 31.5 Å². The largest absolute Gasteiger partial charge is 0.289 e. The minimum absolute atomic E-state index is 0.147. The Kier molecular flexibility index (Phi) is 9.44. The van der Waals surface area contributed by atoms with Crippen molar-refractivity contribution in [2.24, 2.45) is 0 Å². The minimum Gasteiger partial charge on any atom is -0.289 e. The second kappa shape index (κ2) is 12.1. The first-order valence-electron chi connectivity index (χ1n) is 13.0. The molecule has 0 spiro atoms. The molecule has 2 aromatic carbocycles. The second-order valence-corrected chi connectivity index (χ2v) is 13.3. The van der Waals surface area contributed by atoms with Gasteiger partial charge in [0.1, 0.15) is 0 Å². The summed E-state index contributed by atoms with van der Waals surface area (Å²) in [5.41, 5.74) is -3.23. The fourth-order valence-corrected chi connectivity index (χ4v) is 8.16. The van der Waals surface area contributed by atoms with Crippen molar-refractivity contribution in [2.75, 3.05) is 26.2 Å². The quantitative estimate of drug-likeness (QED) is 0.193. The maximum absolute atomic E-state index is 13.6. The van der Waals surface area contributed by atoms with Gasteiger partial charge in [-0.3, -0.25) is 25.0 Å². The first kappa shape index (κ1) is 31.3. The van der Waals surface area contributed by atoms with E-state index in [1.165, 1.54) is 0 Å². The van der Waals surface area contributed by atoms with Crippen molar-refractivity contribution in [3.05, 3.63) is 55.6 Å². The number of ketones is 1. The summed E-state index contributed by atoms with van der Waals surface area (Å²) in [5, 5.41) is 24.3. The fraction of sp³-hybridized carbons (Fsp3) is 0.480. The molecular formula is C25H32N4O9S2. The Labute approximate surface area is 233 Å². The normalized spacial score (nSPS) is 13.1. The Morgan fingerprint density at radius 3 is 1.18 bits per heavy atom. The third-order valence-electron chi connectivity index (χ3n) is 6.48. The van der Waals surface area contributed by atoms with Gasteiger partial charge in [0.25, 0.3) is 11.4 Å². The van der Waals surface area contributed by atoms with E-state index in [-0.39, 0.29) is 26.2 Å². The third kappa shape index (κ3) is 5.50. The van der Waals surface area contributed by atoms with Gasteiger partial charge in [-0.2, -0.15) is 8.61 Å². The van der Waals surface area contributed by atoms with E-state index in [1.54, 1.807) is 27.7 Å². The molecule has 0 saturated carbocycles. The molecule has 0 unspecified atom stereocenters. The molecular weight excluding hydrogens is 564 g/mol. The highest BCUT2D eigenvalue weighted by Gasteiger charge is 2.42. The molecule has 0 amide bonds. The number of nitro benzene ring substituents is 2. The zero-order chi connectivity index (χ0) is 30.0. The van der Waals surface area contributed by atoms with Crippen molar-refractivity contribution in [3.8, 4) is 11.1 Å². The molecule has 0 atom stereocenters. The number of hydrogen-bond donors (Lipinski definition) is 0. The highest BCUT2D eigenvalue weighted by atomic mass is 32.2. The number of carbonyl (C=O) groups is 1. The average Bonchev–Trinajstić information content (AvgIpc) is 3.18. The van der Waals surface area contributed by atoms with Crippen LogP contribution in [0.2, 0.25) is 0 Å². The number of fused-ring (bicyclic) bond motifs is 3. The number of nitro groups is 2. The summed E-state index contributed by atoms with van der Waals surface area (Å²) in [7, 11) is -8.51. The molecule has 40 heavy (non-hydrogen) atoms. The van der Waals surface area contributed by atoms with E-state index < -0.39 is 79.1 Å². The van der Waals surface area contributed by atoms with Crippen LogP contribution < -0.4 is 0 Å². The molecule has 1 aliphatic rings. The van der Waals surface area contributed by atoms with Gasteiger partial charge in [0, 0.05) is 49.4 Å². The number of hydrogen-bond acceptors (Lipinski definition) is 9. The number of nitrogens with zero attached hydrogens (tertiary/aromatic N) is 4. The Balaban J connectivity index is 2.34. The highest BCUT2D eigenvalue weighted by molar-refractivity contribution is 7.89. The fourth-order valence-electron chi connectivity index (χ4n) is 4.82. The van der Waals surface area contributed by atoms with Crippen LogP contribution >= 0.6 is 0 Å². The zero-order valence-electron chi connectivity index (χ0n) is 22.7. The van der Waals surface area contributed by atoms with Crippen molar-refractivity contribution in [1.29, 1.82) is 0 Å². The summed E-state index contributed by atoms with van der Waals surface area (Å²) >= 11 is 0. The van der Waals surface area contributed by atoms with Crippen LogP contribution in [0.5, 0.6) is 0 Å². The smallest absolute Gasteiger partial charge is 0.279 e. The van der Waals surface area contributed by atoms with E-state index in [0.29, 0.717) is 25.7 Å². The summed E-state index contributed by atoms with van der Waals surface area (Å²) in [6, 6.07) is 3.56. The molecule has 0 aliphatic heterocycles. The van der Waals surface area contributed by atoms with E-state index in [4.69, 9.17) is 0 Å². The molecule has 3 rings (SSSR count). The summed E-state index contributed by atoms with van der Waals surface area (Å²) < 4.78 is 56.0. The van der Waals surface area contributed by atoms with Crippen LogP contribution in [0.15, 0.2) is 34.1 Å². The van der Waals surface area contributed by atoms with Crippen molar-refractivity contribution in [3.63, 3.8) is 0 Å². The van der Waals surface area contributed by atoms with Gasteiger partial charge in [-0.25, -0.2) is 16.8 Å². The third-order valence-corrected chi connectivity index (χ3v) is 10.2. The molecule has 218 valence electrons. The van der Waals surface area contributed by atoms with Crippen LogP contribution in [0.25, 0.3) is 11.1 Å². The maximum Gasteiger partial charge on any atom is 0.279 e. The van der Waals surface area contributed by atoms with E-state index in [1.807, 2.05) is 0 Å². The minimum atomic E-state index is -4.26. The molecule has 1 aliphatic carbocycles. The number of benzene rings is 2. The van der Waals surface area contributed by atoms with Gasteiger partial charge in [-0.05, 0) is 37.8 Å². The molecule has 0 radical (unpaired) electrons. The van der Waals surface area contributed by atoms with Crippen LogP contribution in [0, 0.1) is 20.2 Å². The first-order valence-corrected chi connectivity index (χ1v) is 15.9. The van der Waals surface area contributed by atoms with Gasteiger partial charge in [-0.1, -0.05) is 27.7 Å². The first-order chi connectivity index (χ1) is 18.8. The van der Waals surface area contributed by atoms with E-state index in [9.17, 15) is 41.9 Å². The Morgan fingerprint density at radius 1 is 0.625 bits per heavy atom. The van der Waals surface area contributed by atoms with Crippen molar-refractivity contribution >= 4 is 37.2 Å². The van der Waals surface area contributed by atoms with Crippen molar-refractivity contribution in [1.82, 2.24) is 8.61 Å². The molecule has 0 N–H and O–H groups in total. The highest BCUT2D eigenvalue weighted by Crippen LogP contribution is 2.49. The Morgan fingerprint density at radius 2 is 0.925 bits per heavy atom. The Hall–Kier alpha value is -3.27. The van der Waals surface area contributed by atoms with Crippen LogP contribution in [0.4, 0.5) is 11.4 Å². The van der Waals surface area contributed by atoms with Crippen LogP contribution in [0.3, 0.4) is 0 Å². The van der Waals surface area contributed by atoms with E-state index in [0.717, 1.165) is 32.9 Å². The standard InChI is InChI=1S/C25H32N4O9S2/c1-5-9-26(10-6-2)39(35,36)17-13-19-23(21(15-17)28(31)32)24-20(25(19)30)14-18(16-22(24)29(33)34)40(37,38)27(11-7-3)12-8-4/h13-16H,5-12H2,1-4H3. The molecule has 0 bridgehead atoms. The molecule has 13 nitrogen and oxygen atoms in total. The van der Waals surface area contributed by atoms with Crippen LogP contribution in [-0.4, -0.2) is 67.3 Å². The summed E-state index contributed by atoms with van der Waals surface area (Å²) in [5.74, 6) is -0.930. The monoisotopic (exact) mass is 596 g/mol. The van der Waals surface area contributed by atoms with E-state index >= 15 is 0 Å². The molecule has 0 saturated heterocycles. The molecule has 0 aromatic heterocycles.